The van der Waals surface area contributed by atoms with Crippen LogP contribution >= 0.6 is 0 Å². The van der Waals surface area contributed by atoms with Crippen LogP contribution in [0.5, 0.6) is 0 Å². The predicted octanol–water partition coefficient (Wildman–Crippen LogP) is 2.86. The number of hydrogen-bond donors (Lipinski definition) is 1. The fraction of sp³-hybridized carbons (Fsp3) is 0.706. The van der Waals surface area contributed by atoms with Gasteiger partial charge in [0.1, 0.15) is 0 Å². The van der Waals surface area contributed by atoms with Gasteiger partial charge in [-0.1, -0.05) is 0 Å². The Morgan fingerprint density at radius 3 is 2.68 bits per heavy atom. The van der Waals surface area contributed by atoms with Crippen LogP contribution in [0.1, 0.15) is 55.5 Å². The molecule has 1 amide bonds. The van der Waals surface area contributed by atoms with Crippen molar-refractivity contribution in [3.05, 3.63) is 17.0 Å². The molecule has 1 fully saturated rings. The van der Waals surface area contributed by atoms with Gasteiger partial charge < -0.3 is 10.6 Å². The summed E-state index contributed by atoms with van der Waals surface area (Å²) in [5.74, 6) is 0.0634. The number of hydrogen-bond acceptors (Lipinski definition) is 4. The molecule has 1 aliphatic carbocycles. The van der Waals surface area contributed by atoms with Crippen molar-refractivity contribution in [1.82, 2.24) is 9.97 Å². The van der Waals surface area contributed by atoms with E-state index in [1.54, 1.807) is 0 Å². The molecule has 1 aromatic rings. The number of piperidine rings is 1. The lowest BCUT2D eigenvalue weighted by molar-refractivity contribution is -0.142. The Labute approximate surface area is 144 Å². The van der Waals surface area contributed by atoms with E-state index in [9.17, 15) is 18.0 Å². The second-order valence-corrected chi connectivity index (χ2v) is 6.96. The number of carbonyl (C=O) groups excluding carboxylic acids is 1. The van der Waals surface area contributed by atoms with Crippen LogP contribution in [0.3, 0.4) is 0 Å². The number of rotatable bonds is 4. The molecule has 0 spiro atoms. The lowest BCUT2D eigenvalue weighted by atomic mass is 9.93. The minimum Gasteiger partial charge on any atom is -0.370 e. The summed E-state index contributed by atoms with van der Waals surface area (Å²) in [6, 6.07) is 0. The van der Waals surface area contributed by atoms with Gasteiger partial charge in [0, 0.05) is 30.8 Å². The van der Waals surface area contributed by atoms with Crippen LogP contribution in [0, 0.1) is 5.92 Å². The molecule has 1 saturated heterocycles. The first-order valence-corrected chi connectivity index (χ1v) is 8.85. The lowest BCUT2D eigenvalue weighted by Gasteiger charge is -2.33. The van der Waals surface area contributed by atoms with Crippen molar-refractivity contribution in [2.24, 2.45) is 11.7 Å². The average molecular weight is 356 g/mol. The van der Waals surface area contributed by atoms with Crippen LogP contribution in [-0.4, -0.2) is 29.0 Å². The second-order valence-electron chi connectivity index (χ2n) is 6.96. The van der Waals surface area contributed by atoms with Crippen LogP contribution in [-0.2, 0) is 23.8 Å². The summed E-state index contributed by atoms with van der Waals surface area (Å²) in [6.07, 6.45) is 0.880. The monoisotopic (exact) mass is 356 g/mol. The maximum atomic E-state index is 13.4. The molecule has 2 aliphatic rings. The molecule has 25 heavy (non-hydrogen) atoms. The van der Waals surface area contributed by atoms with E-state index in [0.29, 0.717) is 44.5 Å². The smallest absolute Gasteiger partial charge is 0.370 e. The Kier molecular flexibility index (Phi) is 5.15. The van der Waals surface area contributed by atoms with E-state index < -0.39 is 11.9 Å². The summed E-state index contributed by atoms with van der Waals surface area (Å²) in [4.78, 5) is 21.2. The van der Waals surface area contributed by atoms with Gasteiger partial charge in [-0.25, -0.2) is 9.97 Å². The number of anilines is 1. The van der Waals surface area contributed by atoms with Crippen molar-refractivity contribution in [3.63, 3.8) is 0 Å². The highest BCUT2D eigenvalue weighted by molar-refractivity contribution is 5.73. The van der Waals surface area contributed by atoms with Gasteiger partial charge in [0.05, 0.1) is 0 Å². The van der Waals surface area contributed by atoms with Crippen molar-refractivity contribution < 1.29 is 18.0 Å². The number of alkyl halides is 3. The minimum atomic E-state index is -4.46. The zero-order chi connectivity index (χ0) is 18.0. The van der Waals surface area contributed by atoms with Crippen molar-refractivity contribution in [2.75, 3.05) is 18.0 Å². The molecule has 2 heterocycles. The molecule has 1 atom stereocenters. The number of aryl methyl sites for hydroxylation is 1. The first-order valence-electron chi connectivity index (χ1n) is 8.85. The fourth-order valence-corrected chi connectivity index (χ4v) is 3.79. The Morgan fingerprint density at radius 2 is 1.96 bits per heavy atom. The largest absolute Gasteiger partial charge is 0.433 e. The average Bonchev–Trinajstić information content (AvgIpc) is 2.58. The lowest BCUT2D eigenvalue weighted by Crippen LogP contribution is -2.38. The third-order valence-electron chi connectivity index (χ3n) is 5.04. The zero-order valence-corrected chi connectivity index (χ0v) is 14.1. The highest BCUT2D eigenvalue weighted by Gasteiger charge is 2.38. The summed E-state index contributed by atoms with van der Waals surface area (Å²) in [5, 5.41) is 0. The van der Waals surface area contributed by atoms with Gasteiger partial charge in [-0.05, 0) is 50.9 Å². The first kappa shape index (κ1) is 17.9. The molecular formula is C17H23F3N4O. The molecule has 0 bridgehead atoms. The van der Waals surface area contributed by atoms with Crippen molar-refractivity contribution in [2.45, 2.75) is 57.5 Å². The van der Waals surface area contributed by atoms with E-state index >= 15 is 0 Å². The standard InChI is InChI=1S/C17H23F3N4O/c18-17(19,20)15-12-5-1-2-6-13(12)22-16(23-15)24-9-3-4-11(10-24)7-8-14(21)25/h11H,1-10H2,(H2,21,25). The zero-order valence-electron chi connectivity index (χ0n) is 14.1. The van der Waals surface area contributed by atoms with Crippen LogP contribution in [0.2, 0.25) is 0 Å². The topological polar surface area (TPSA) is 72.1 Å². The SMILES string of the molecule is NC(=O)CCC1CCCN(c2nc3c(c(C(F)(F)F)n2)CCCC3)C1. The third-order valence-corrected chi connectivity index (χ3v) is 5.04. The van der Waals surface area contributed by atoms with E-state index in [-0.39, 0.29) is 23.3 Å². The van der Waals surface area contributed by atoms with E-state index in [1.165, 1.54) is 0 Å². The number of fused-ring (bicyclic) bond motifs is 1. The van der Waals surface area contributed by atoms with Crippen molar-refractivity contribution in [3.8, 4) is 0 Å². The number of primary amides is 1. The van der Waals surface area contributed by atoms with Gasteiger partial charge in [0.2, 0.25) is 11.9 Å². The molecule has 0 radical (unpaired) electrons. The number of halogens is 3. The van der Waals surface area contributed by atoms with Gasteiger partial charge >= 0.3 is 6.18 Å². The normalized spacial score (nSPS) is 21.1. The molecule has 138 valence electrons. The summed E-state index contributed by atoms with van der Waals surface area (Å²) < 4.78 is 40.3. The summed E-state index contributed by atoms with van der Waals surface area (Å²) in [5.41, 5.74) is 5.24. The van der Waals surface area contributed by atoms with Crippen molar-refractivity contribution >= 4 is 11.9 Å². The minimum absolute atomic E-state index is 0.178. The fourth-order valence-electron chi connectivity index (χ4n) is 3.79. The van der Waals surface area contributed by atoms with E-state index in [2.05, 4.69) is 9.97 Å². The van der Waals surface area contributed by atoms with Crippen LogP contribution in [0.25, 0.3) is 0 Å². The van der Waals surface area contributed by atoms with Gasteiger partial charge in [0.25, 0.3) is 0 Å². The molecule has 1 unspecified atom stereocenters. The molecular weight excluding hydrogens is 333 g/mol. The Morgan fingerprint density at radius 1 is 1.20 bits per heavy atom. The summed E-state index contributed by atoms with van der Waals surface area (Å²) >= 11 is 0. The van der Waals surface area contributed by atoms with E-state index in [0.717, 1.165) is 25.7 Å². The molecule has 0 saturated carbocycles. The van der Waals surface area contributed by atoms with Gasteiger partial charge in [-0.15, -0.1) is 0 Å². The molecule has 0 aromatic carbocycles. The van der Waals surface area contributed by atoms with Crippen LogP contribution in [0.4, 0.5) is 19.1 Å². The summed E-state index contributed by atoms with van der Waals surface area (Å²) in [7, 11) is 0. The van der Waals surface area contributed by atoms with E-state index in [4.69, 9.17) is 5.73 Å². The van der Waals surface area contributed by atoms with Crippen LogP contribution in [0.15, 0.2) is 0 Å². The van der Waals surface area contributed by atoms with E-state index in [1.807, 2.05) is 4.90 Å². The van der Waals surface area contributed by atoms with Crippen LogP contribution < -0.4 is 10.6 Å². The highest BCUT2D eigenvalue weighted by atomic mass is 19.4. The Balaban J connectivity index is 1.85. The highest BCUT2D eigenvalue weighted by Crippen LogP contribution is 2.36. The second kappa shape index (κ2) is 7.17. The summed E-state index contributed by atoms with van der Waals surface area (Å²) in [6.45, 7) is 1.21. The maximum absolute atomic E-state index is 13.4. The predicted molar refractivity (Wildman–Crippen MR) is 87.0 cm³/mol. The molecule has 8 heteroatoms. The maximum Gasteiger partial charge on any atom is 0.433 e. The number of nitrogens with zero attached hydrogens (tertiary/aromatic N) is 3. The van der Waals surface area contributed by atoms with Gasteiger partial charge in [-0.3, -0.25) is 4.79 Å². The third kappa shape index (κ3) is 4.22. The Bertz CT molecular complexity index is 648. The van der Waals surface area contributed by atoms with Crippen molar-refractivity contribution in [1.29, 1.82) is 0 Å². The number of amides is 1. The molecule has 1 aliphatic heterocycles. The Hall–Kier alpha value is -1.86. The number of aromatic nitrogens is 2. The number of carbonyl (C=O) groups is 1. The molecule has 2 N–H and O–H groups in total. The quantitative estimate of drug-likeness (QED) is 0.900. The first-order chi connectivity index (χ1) is 11.8. The van der Waals surface area contributed by atoms with Gasteiger partial charge in [0.15, 0.2) is 5.69 Å². The molecule has 3 rings (SSSR count). The number of nitrogens with two attached hydrogens (primary N) is 1. The molecule has 5 nitrogen and oxygen atoms in total. The van der Waals surface area contributed by atoms with Gasteiger partial charge in [-0.2, -0.15) is 13.2 Å². The molecule has 1 aromatic heterocycles.